The number of hydrogen-bond donors (Lipinski definition) is 2. The average Bonchev–Trinajstić information content (AvgIpc) is 2.47. The van der Waals surface area contributed by atoms with Gasteiger partial charge in [0.25, 0.3) is 5.91 Å². The van der Waals surface area contributed by atoms with Crippen LogP contribution in [0.1, 0.15) is 44.0 Å². The van der Waals surface area contributed by atoms with Crippen LogP contribution in [-0.2, 0) is 4.79 Å². The Morgan fingerprint density at radius 1 is 1.18 bits per heavy atom. The van der Waals surface area contributed by atoms with Gasteiger partial charge in [-0.25, -0.2) is 0 Å². The molecule has 2 rings (SSSR count). The summed E-state index contributed by atoms with van der Waals surface area (Å²) in [7, 11) is 0. The van der Waals surface area contributed by atoms with Gasteiger partial charge >= 0.3 is 0 Å². The fraction of sp³-hybridized carbons (Fsp3) is 0.529. The van der Waals surface area contributed by atoms with Crippen LogP contribution in [0, 0.1) is 0 Å². The van der Waals surface area contributed by atoms with Crippen molar-refractivity contribution in [3.05, 3.63) is 29.8 Å². The van der Waals surface area contributed by atoms with E-state index in [4.69, 9.17) is 0 Å². The number of anilines is 1. The van der Waals surface area contributed by atoms with Crippen LogP contribution >= 0.6 is 0 Å². The number of carbonyl (C=O) groups excluding carboxylic acids is 2. The van der Waals surface area contributed by atoms with Crippen molar-refractivity contribution in [1.82, 2.24) is 10.6 Å². The zero-order chi connectivity index (χ0) is 16.1. The summed E-state index contributed by atoms with van der Waals surface area (Å²) in [5, 5.41) is 5.92. The van der Waals surface area contributed by atoms with Crippen molar-refractivity contribution in [3.63, 3.8) is 0 Å². The summed E-state index contributed by atoms with van der Waals surface area (Å²) in [4.78, 5) is 25.7. The lowest BCUT2D eigenvalue weighted by Gasteiger charge is -2.34. The first kappa shape index (κ1) is 16.3. The van der Waals surface area contributed by atoms with Crippen LogP contribution < -0.4 is 15.5 Å². The van der Waals surface area contributed by atoms with Gasteiger partial charge in [-0.3, -0.25) is 9.59 Å². The molecule has 1 saturated heterocycles. The standard InChI is InChI=1S/C17H25N3O2/c1-12(2)18-17(22)15-6-4-5-7-16(15)20-10-8-14(9-11-20)19-13(3)21/h4-7,12,14H,8-11H2,1-3H3,(H,18,22)(H,19,21). The maximum absolute atomic E-state index is 12.3. The third-order valence-electron chi connectivity index (χ3n) is 3.81. The van der Waals surface area contributed by atoms with E-state index in [1.807, 2.05) is 38.1 Å². The smallest absolute Gasteiger partial charge is 0.253 e. The van der Waals surface area contributed by atoms with Gasteiger partial charge in [0.2, 0.25) is 5.91 Å². The van der Waals surface area contributed by atoms with E-state index in [1.54, 1.807) is 6.92 Å². The number of amides is 2. The predicted molar refractivity (Wildman–Crippen MR) is 88.1 cm³/mol. The average molecular weight is 303 g/mol. The largest absolute Gasteiger partial charge is 0.371 e. The second kappa shape index (κ2) is 7.29. The molecule has 0 radical (unpaired) electrons. The summed E-state index contributed by atoms with van der Waals surface area (Å²) in [6, 6.07) is 8.07. The SMILES string of the molecule is CC(=O)NC1CCN(c2ccccc2C(=O)NC(C)C)CC1. The second-order valence-electron chi connectivity index (χ2n) is 6.11. The van der Waals surface area contributed by atoms with Crippen molar-refractivity contribution in [2.45, 2.75) is 45.7 Å². The summed E-state index contributed by atoms with van der Waals surface area (Å²) in [5.74, 6) is -0.00949. The van der Waals surface area contributed by atoms with Gasteiger partial charge < -0.3 is 15.5 Å². The number of nitrogens with one attached hydrogen (secondary N) is 2. The lowest BCUT2D eigenvalue weighted by atomic mass is 10.0. The van der Waals surface area contributed by atoms with Crippen LogP contribution in [0.2, 0.25) is 0 Å². The fourth-order valence-electron chi connectivity index (χ4n) is 2.83. The first-order valence-corrected chi connectivity index (χ1v) is 7.89. The Bertz CT molecular complexity index is 534. The highest BCUT2D eigenvalue weighted by Gasteiger charge is 2.23. The Morgan fingerprint density at radius 3 is 2.41 bits per heavy atom. The van der Waals surface area contributed by atoms with Crippen molar-refractivity contribution in [2.75, 3.05) is 18.0 Å². The lowest BCUT2D eigenvalue weighted by molar-refractivity contribution is -0.119. The monoisotopic (exact) mass is 303 g/mol. The maximum Gasteiger partial charge on any atom is 0.253 e. The van der Waals surface area contributed by atoms with E-state index in [1.165, 1.54) is 0 Å². The van der Waals surface area contributed by atoms with Crippen molar-refractivity contribution in [1.29, 1.82) is 0 Å². The van der Waals surface area contributed by atoms with Gasteiger partial charge in [-0.05, 0) is 38.8 Å². The van der Waals surface area contributed by atoms with Gasteiger partial charge in [0.05, 0.1) is 5.56 Å². The topological polar surface area (TPSA) is 61.4 Å². The molecule has 0 aliphatic carbocycles. The van der Waals surface area contributed by atoms with Crippen molar-refractivity contribution < 1.29 is 9.59 Å². The van der Waals surface area contributed by atoms with E-state index in [0.717, 1.165) is 31.6 Å². The molecule has 0 spiro atoms. The minimum absolute atomic E-state index is 0.0233. The molecule has 2 N–H and O–H groups in total. The number of para-hydroxylation sites is 1. The van der Waals surface area contributed by atoms with Gasteiger partial charge in [-0.2, -0.15) is 0 Å². The molecule has 1 aliphatic heterocycles. The Hall–Kier alpha value is -2.04. The molecule has 0 bridgehead atoms. The number of hydrogen-bond acceptors (Lipinski definition) is 3. The molecule has 22 heavy (non-hydrogen) atoms. The second-order valence-corrected chi connectivity index (χ2v) is 6.11. The van der Waals surface area contributed by atoms with Gasteiger partial charge in [0, 0.05) is 37.8 Å². The van der Waals surface area contributed by atoms with E-state index >= 15 is 0 Å². The summed E-state index contributed by atoms with van der Waals surface area (Å²) >= 11 is 0. The molecule has 0 aromatic heterocycles. The molecular weight excluding hydrogens is 278 g/mol. The summed E-state index contributed by atoms with van der Waals surface area (Å²) in [6.07, 6.45) is 1.80. The normalized spacial score (nSPS) is 15.7. The zero-order valence-corrected chi connectivity index (χ0v) is 13.6. The highest BCUT2D eigenvalue weighted by atomic mass is 16.2. The Morgan fingerprint density at radius 2 is 1.82 bits per heavy atom. The van der Waals surface area contributed by atoms with Crippen LogP contribution in [0.25, 0.3) is 0 Å². The molecule has 1 aliphatic rings. The van der Waals surface area contributed by atoms with Crippen molar-refractivity contribution in [3.8, 4) is 0 Å². The highest BCUT2D eigenvalue weighted by molar-refractivity contribution is 6.00. The van der Waals surface area contributed by atoms with E-state index in [0.29, 0.717) is 5.56 Å². The molecule has 0 saturated carbocycles. The van der Waals surface area contributed by atoms with E-state index in [9.17, 15) is 9.59 Å². The number of piperidine rings is 1. The number of benzene rings is 1. The quantitative estimate of drug-likeness (QED) is 0.893. The number of carbonyl (C=O) groups is 2. The Balaban J connectivity index is 2.07. The maximum atomic E-state index is 12.3. The van der Waals surface area contributed by atoms with Crippen LogP contribution in [-0.4, -0.2) is 37.0 Å². The first-order chi connectivity index (χ1) is 10.5. The molecule has 1 fully saturated rings. The minimum atomic E-state index is -0.0328. The third kappa shape index (κ3) is 4.23. The van der Waals surface area contributed by atoms with E-state index in [-0.39, 0.29) is 23.9 Å². The van der Waals surface area contributed by atoms with Gasteiger partial charge in [0.15, 0.2) is 0 Å². The van der Waals surface area contributed by atoms with Crippen molar-refractivity contribution in [2.24, 2.45) is 0 Å². The van der Waals surface area contributed by atoms with Crippen LogP contribution in [0.4, 0.5) is 5.69 Å². The Kier molecular flexibility index (Phi) is 5.41. The zero-order valence-electron chi connectivity index (χ0n) is 13.6. The van der Waals surface area contributed by atoms with E-state index < -0.39 is 0 Å². The summed E-state index contributed by atoms with van der Waals surface area (Å²) < 4.78 is 0. The third-order valence-corrected chi connectivity index (χ3v) is 3.81. The summed E-state index contributed by atoms with van der Waals surface area (Å²) in [6.45, 7) is 7.16. The van der Waals surface area contributed by atoms with Gasteiger partial charge in [-0.15, -0.1) is 0 Å². The molecule has 1 heterocycles. The van der Waals surface area contributed by atoms with Gasteiger partial charge in [-0.1, -0.05) is 12.1 Å². The Labute approximate surface area is 132 Å². The fourth-order valence-corrected chi connectivity index (χ4v) is 2.83. The molecule has 5 nitrogen and oxygen atoms in total. The molecule has 2 amide bonds. The molecule has 1 aromatic rings. The molecule has 1 aromatic carbocycles. The van der Waals surface area contributed by atoms with E-state index in [2.05, 4.69) is 15.5 Å². The van der Waals surface area contributed by atoms with Crippen molar-refractivity contribution >= 4 is 17.5 Å². The lowest BCUT2D eigenvalue weighted by Crippen LogP contribution is -2.44. The molecule has 0 unspecified atom stereocenters. The molecule has 5 heteroatoms. The van der Waals surface area contributed by atoms with Gasteiger partial charge in [0.1, 0.15) is 0 Å². The molecular formula is C17H25N3O2. The molecule has 0 atom stereocenters. The summed E-state index contributed by atoms with van der Waals surface area (Å²) in [5.41, 5.74) is 1.69. The molecule has 120 valence electrons. The van der Waals surface area contributed by atoms with Crippen LogP contribution in [0.3, 0.4) is 0 Å². The van der Waals surface area contributed by atoms with Crippen LogP contribution in [0.5, 0.6) is 0 Å². The predicted octanol–water partition coefficient (Wildman–Crippen LogP) is 1.93. The first-order valence-electron chi connectivity index (χ1n) is 7.89. The minimum Gasteiger partial charge on any atom is -0.371 e. The number of rotatable bonds is 4. The number of nitrogens with zero attached hydrogens (tertiary/aromatic N) is 1. The highest BCUT2D eigenvalue weighted by Crippen LogP contribution is 2.24. The van der Waals surface area contributed by atoms with Crippen LogP contribution in [0.15, 0.2) is 24.3 Å².